The van der Waals surface area contributed by atoms with E-state index in [4.69, 9.17) is 9.47 Å². The Morgan fingerprint density at radius 3 is 2.92 bits per heavy atom. The van der Waals surface area contributed by atoms with Crippen molar-refractivity contribution >= 4 is 11.8 Å². The Morgan fingerprint density at radius 1 is 1.29 bits per heavy atom. The lowest BCUT2D eigenvalue weighted by Crippen LogP contribution is -2.22. The molecule has 1 saturated heterocycles. The summed E-state index contributed by atoms with van der Waals surface area (Å²) in [6, 6.07) is 1.85. The molecule has 1 aliphatic heterocycles. The smallest absolute Gasteiger partial charge is 0.339 e. The van der Waals surface area contributed by atoms with E-state index in [0.717, 1.165) is 37.3 Å². The summed E-state index contributed by atoms with van der Waals surface area (Å²) in [5.74, 6) is 1.43. The predicted octanol–water partition coefficient (Wildman–Crippen LogP) is 1.74. The third-order valence-electron chi connectivity index (χ3n) is 4.17. The van der Waals surface area contributed by atoms with Crippen LogP contribution in [0.4, 0.5) is 5.82 Å². The minimum atomic E-state index is -0.360. The average molecular weight is 328 g/mol. The Balaban J connectivity index is 1.67. The Labute approximate surface area is 140 Å². The summed E-state index contributed by atoms with van der Waals surface area (Å²) >= 11 is 0. The number of carbonyl (C=O) groups is 1. The maximum absolute atomic E-state index is 11.6. The van der Waals surface area contributed by atoms with Crippen molar-refractivity contribution in [2.45, 2.75) is 12.8 Å². The highest BCUT2D eigenvalue weighted by atomic mass is 16.5. The molecule has 0 saturated carbocycles. The lowest BCUT2D eigenvalue weighted by Gasteiger charge is -2.18. The molecule has 0 aromatic carbocycles. The fourth-order valence-electron chi connectivity index (χ4n) is 3.03. The lowest BCUT2D eigenvalue weighted by molar-refractivity contribution is 0.0600. The molecule has 2 aromatic rings. The Morgan fingerprint density at radius 2 is 2.12 bits per heavy atom. The molecular weight excluding hydrogens is 308 g/mol. The van der Waals surface area contributed by atoms with Gasteiger partial charge in [0.25, 0.3) is 5.88 Å². The van der Waals surface area contributed by atoms with Crippen LogP contribution in [0.5, 0.6) is 5.88 Å². The molecule has 0 spiro atoms. The van der Waals surface area contributed by atoms with Crippen molar-refractivity contribution in [3.63, 3.8) is 0 Å². The third kappa shape index (κ3) is 3.45. The summed E-state index contributed by atoms with van der Waals surface area (Å²) < 4.78 is 10.0. The molecule has 0 amide bonds. The summed E-state index contributed by atoms with van der Waals surface area (Å²) in [6.07, 6.45) is 8.53. The van der Waals surface area contributed by atoms with Gasteiger partial charge in [-0.15, -0.1) is 0 Å². The minimum absolute atomic E-state index is 0.360. The minimum Gasteiger partial charge on any atom is -0.478 e. The number of methoxy groups -OCH3 is 2. The van der Waals surface area contributed by atoms with E-state index in [2.05, 4.69) is 19.9 Å². The molecule has 126 valence electrons. The maximum Gasteiger partial charge on any atom is 0.339 e. The number of nitrogens with zero attached hydrogens (tertiary/aromatic N) is 4. The molecule has 0 radical (unpaired) electrons. The Hall–Kier alpha value is -2.70. The van der Waals surface area contributed by atoms with Gasteiger partial charge in [0.15, 0.2) is 5.82 Å². The zero-order chi connectivity index (χ0) is 16.9. The molecule has 2 aromatic heterocycles. The van der Waals surface area contributed by atoms with Crippen molar-refractivity contribution < 1.29 is 14.3 Å². The second-order valence-corrected chi connectivity index (χ2v) is 5.77. The molecule has 1 atom stereocenters. The molecule has 1 aliphatic rings. The first-order valence-corrected chi connectivity index (χ1v) is 7.83. The van der Waals surface area contributed by atoms with E-state index in [9.17, 15) is 4.79 Å². The highest BCUT2D eigenvalue weighted by Gasteiger charge is 2.26. The first-order chi connectivity index (χ1) is 11.7. The van der Waals surface area contributed by atoms with E-state index in [1.165, 1.54) is 13.3 Å². The van der Waals surface area contributed by atoms with Gasteiger partial charge in [0, 0.05) is 37.9 Å². The quantitative estimate of drug-likeness (QED) is 0.774. The van der Waals surface area contributed by atoms with E-state index in [0.29, 0.717) is 17.4 Å². The molecule has 7 nitrogen and oxygen atoms in total. The molecular formula is C17H20N4O3. The number of hydrogen-bond donors (Lipinski definition) is 0. The zero-order valence-corrected chi connectivity index (χ0v) is 13.8. The van der Waals surface area contributed by atoms with Gasteiger partial charge in [0.2, 0.25) is 0 Å². The maximum atomic E-state index is 11.6. The second kappa shape index (κ2) is 7.25. The lowest BCUT2D eigenvalue weighted by atomic mass is 9.99. The fourth-order valence-corrected chi connectivity index (χ4v) is 3.03. The summed E-state index contributed by atoms with van der Waals surface area (Å²) in [7, 11) is 2.98. The largest absolute Gasteiger partial charge is 0.478 e. The van der Waals surface area contributed by atoms with Crippen LogP contribution in [0.3, 0.4) is 0 Å². The molecule has 3 rings (SSSR count). The van der Waals surface area contributed by atoms with E-state index in [1.54, 1.807) is 25.7 Å². The molecule has 0 aliphatic carbocycles. The molecule has 3 heterocycles. The Bertz CT molecular complexity index is 722. The summed E-state index contributed by atoms with van der Waals surface area (Å²) in [5.41, 5.74) is 1.52. The van der Waals surface area contributed by atoms with Crippen molar-refractivity contribution in [3.8, 4) is 5.88 Å². The highest BCUT2D eigenvalue weighted by molar-refractivity contribution is 5.89. The van der Waals surface area contributed by atoms with Crippen LogP contribution >= 0.6 is 0 Å². The van der Waals surface area contributed by atoms with Gasteiger partial charge in [0.05, 0.1) is 19.8 Å². The number of pyridine rings is 1. The van der Waals surface area contributed by atoms with Crippen LogP contribution in [0, 0.1) is 5.92 Å². The molecule has 1 unspecified atom stereocenters. The topological polar surface area (TPSA) is 77.4 Å². The van der Waals surface area contributed by atoms with Gasteiger partial charge < -0.3 is 14.4 Å². The molecule has 1 fully saturated rings. The van der Waals surface area contributed by atoms with E-state index in [-0.39, 0.29) is 5.97 Å². The van der Waals surface area contributed by atoms with Crippen LogP contribution in [-0.2, 0) is 11.2 Å². The average Bonchev–Trinajstić information content (AvgIpc) is 3.09. The van der Waals surface area contributed by atoms with Gasteiger partial charge >= 0.3 is 5.97 Å². The number of ether oxygens (including phenoxy) is 2. The van der Waals surface area contributed by atoms with Gasteiger partial charge in [-0.1, -0.05) is 0 Å². The predicted molar refractivity (Wildman–Crippen MR) is 88.2 cm³/mol. The molecule has 7 heteroatoms. The van der Waals surface area contributed by atoms with Crippen molar-refractivity contribution in [2.75, 3.05) is 32.2 Å². The van der Waals surface area contributed by atoms with Gasteiger partial charge in [-0.25, -0.2) is 14.8 Å². The molecule has 0 bridgehead atoms. The monoisotopic (exact) mass is 328 g/mol. The van der Waals surface area contributed by atoms with Gasteiger partial charge in [0.1, 0.15) is 0 Å². The van der Waals surface area contributed by atoms with Crippen LogP contribution < -0.4 is 9.64 Å². The zero-order valence-electron chi connectivity index (χ0n) is 13.8. The standard InChI is InChI=1S/C17H20N4O3/c1-23-16-15(19-4-5-20-16)21-6-3-12(11-21)7-13-8-14(10-18-9-13)17(22)24-2/h4-5,8-10,12H,3,6-7,11H2,1-2H3. The summed E-state index contributed by atoms with van der Waals surface area (Å²) in [6.45, 7) is 1.78. The van der Waals surface area contributed by atoms with Crippen LogP contribution in [-0.4, -0.2) is 48.2 Å². The van der Waals surface area contributed by atoms with Crippen molar-refractivity contribution in [1.82, 2.24) is 15.0 Å². The highest BCUT2D eigenvalue weighted by Crippen LogP contribution is 2.29. The number of aromatic nitrogens is 3. The number of hydrogen-bond acceptors (Lipinski definition) is 7. The SMILES string of the molecule is COC(=O)c1cncc(CC2CCN(c3nccnc3OC)C2)c1. The summed E-state index contributed by atoms with van der Waals surface area (Å²) in [4.78, 5) is 26.5. The molecule has 0 N–H and O–H groups in total. The fraction of sp³-hybridized carbons (Fsp3) is 0.412. The summed E-state index contributed by atoms with van der Waals surface area (Å²) in [5, 5.41) is 0. The van der Waals surface area contributed by atoms with Crippen molar-refractivity contribution in [2.24, 2.45) is 5.92 Å². The Kier molecular flexibility index (Phi) is 4.88. The molecule has 24 heavy (non-hydrogen) atoms. The van der Waals surface area contributed by atoms with Gasteiger partial charge in [-0.2, -0.15) is 0 Å². The number of rotatable bonds is 5. The van der Waals surface area contributed by atoms with E-state index >= 15 is 0 Å². The third-order valence-corrected chi connectivity index (χ3v) is 4.17. The van der Waals surface area contributed by atoms with Crippen molar-refractivity contribution in [3.05, 3.63) is 42.0 Å². The van der Waals surface area contributed by atoms with E-state index in [1.807, 2.05) is 6.07 Å². The first kappa shape index (κ1) is 16.2. The normalized spacial score (nSPS) is 16.9. The van der Waals surface area contributed by atoms with Crippen LogP contribution in [0.15, 0.2) is 30.9 Å². The first-order valence-electron chi connectivity index (χ1n) is 7.83. The van der Waals surface area contributed by atoms with Crippen LogP contribution in [0.25, 0.3) is 0 Å². The van der Waals surface area contributed by atoms with Crippen LogP contribution in [0.1, 0.15) is 22.3 Å². The van der Waals surface area contributed by atoms with Gasteiger partial charge in [-0.05, 0) is 30.4 Å². The van der Waals surface area contributed by atoms with Gasteiger partial charge in [-0.3, -0.25) is 4.98 Å². The second-order valence-electron chi connectivity index (χ2n) is 5.77. The number of anilines is 1. The van der Waals surface area contributed by atoms with Crippen molar-refractivity contribution in [1.29, 1.82) is 0 Å². The van der Waals surface area contributed by atoms with E-state index < -0.39 is 0 Å². The van der Waals surface area contributed by atoms with Crippen LogP contribution in [0.2, 0.25) is 0 Å². The number of carbonyl (C=O) groups excluding carboxylic acids is 1. The number of esters is 1.